The van der Waals surface area contributed by atoms with E-state index < -0.39 is 36.5 Å². The molecule has 0 fully saturated rings. The molecule has 0 saturated carbocycles. The molecule has 0 aliphatic carbocycles. The van der Waals surface area contributed by atoms with Crippen LogP contribution in [0.25, 0.3) is 16.5 Å². The Balaban J connectivity index is 1.43. The summed E-state index contributed by atoms with van der Waals surface area (Å²) in [5, 5.41) is 11.6. The number of amides is 2. The van der Waals surface area contributed by atoms with Crippen molar-refractivity contribution in [3.8, 4) is 0 Å². The minimum Gasteiger partial charge on any atom is -0.449 e. The van der Waals surface area contributed by atoms with Gasteiger partial charge in [-0.2, -0.15) is 0 Å². The number of benzene rings is 2. The predicted octanol–water partition coefficient (Wildman–Crippen LogP) is 8.31. The van der Waals surface area contributed by atoms with Gasteiger partial charge in [0.15, 0.2) is 0 Å². The fourth-order valence-electron chi connectivity index (χ4n) is 5.52. The number of alkyl carbamates (subject to hydrolysis) is 1. The molecule has 13 nitrogen and oxygen atoms in total. The molecule has 0 aliphatic heterocycles. The van der Waals surface area contributed by atoms with Crippen LogP contribution in [0.1, 0.15) is 92.5 Å². The van der Waals surface area contributed by atoms with Crippen LogP contribution in [0.2, 0.25) is 0 Å². The molecule has 0 spiro atoms. The Morgan fingerprint density at radius 1 is 0.891 bits per heavy atom. The Labute approximate surface area is 321 Å². The van der Waals surface area contributed by atoms with Crippen LogP contribution in [0.4, 0.5) is 15.4 Å². The number of anilines is 1. The van der Waals surface area contributed by atoms with Gasteiger partial charge in [0.05, 0.1) is 24.6 Å². The second kappa shape index (κ2) is 20.4. The molecule has 290 valence electrons. The predicted molar refractivity (Wildman–Crippen MR) is 210 cm³/mol. The van der Waals surface area contributed by atoms with Crippen LogP contribution in [0, 0.1) is 12.3 Å². The summed E-state index contributed by atoms with van der Waals surface area (Å²) in [5.74, 6) is -0.794. The van der Waals surface area contributed by atoms with E-state index in [4.69, 9.17) is 29.3 Å². The van der Waals surface area contributed by atoms with E-state index in [0.717, 1.165) is 53.5 Å². The molecule has 55 heavy (non-hydrogen) atoms. The maximum atomic E-state index is 14.0. The monoisotopic (exact) mass is 751 g/mol. The fourth-order valence-corrected chi connectivity index (χ4v) is 5.52. The zero-order valence-electron chi connectivity index (χ0n) is 32.1. The zero-order valence-corrected chi connectivity index (χ0v) is 32.1. The van der Waals surface area contributed by atoms with Crippen LogP contribution < -0.4 is 10.2 Å². The number of carbonyl (C=O) groups is 4. The van der Waals surface area contributed by atoms with Crippen LogP contribution in [0.3, 0.4) is 0 Å². The minimum atomic E-state index is -1.18. The van der Waals surface area contributed by atoms with Crippen molar-refractivity contribution >= 4 is 52.3 Å². The highest BCUT2D eigenvalue weighted by Gasteiger charge is 2.23. The quantitative estimate of drug-likeness (QED) is 0.0267. The van der Waals surface area contributed by atoms with E-state index in [0.29, 0.717) is 35.5 Å². The van der Waals surface area contributed by atoms with Crippen LogP contribution in [0.15, 0.2) is 79.5 Å². The molecule has 2 N–H and O–H groups in total. The van der Waals surface area contributed by atoms with Crippen molar-refractivity contribution in [2.24, 2.45) is 0 Å². The van der Waals surface area contributed by atoms with Gasteiger partial charge in [-0.05, 0) is 74.2 Å². The van der Waals surface area contributed by atoms with Crippen molar-refractivity contribution in [1.29, 1.82) is 5.41 Å². The Morgan fingerprint density at radius 3 is 2.31 bits per heavy atom. The van der Waals surface area contributed by atoms with E-state index in [-0.39, 0.29) is 18.8 Å². The van der Waals surface area contributed by atoms with Crippen LogP contribution in [-0.4, -0.2) is 65.5 Å². The van der Waals surface area contributed by atoms with Crippen molar-refractivity contribution < 1.29 is 38.1 Å². The van der Waals surface area contributed by atoms with Crippen molar-refractivity contribution in [1.82, 2.24) is 15.3 Å². The number of ether oxygens (including phenoxy) is 4. The minimum absolute atomic E-state index is 0.0557. The number of rotatable bonds is 17. The Hall–Kier alpha value is -6.11. The number of nitrogens with one attached hydrogen (secondary N) is 2. The number of aromatic nitrogens is 2. The summed E-state index contributed by atoms with van der Waals surface area (Å²) in [5.41, 5.74) is 4.85. The van der Waals surface area contributed by atoms with Gasteiger partial charge in [0.1, 0.15) is 11.7 Å². The Kier molecular flexibility index (Phi) is 15.4. The van der Waals surface area contributed by atoms with Gasteiger partial charge in [0.2, 0.25) is 6.29 Å². The number of hydrogen-bond donors (Lipinski definition) is 2. The summed E-state index contributed by atoms with van der Waals surface area (Å²) in [6.45, 7) is 13.3. The summed E-state index contributed by atoms with van der Waals surface area (Å²) in [7, 11) is 0. The second-order valence-corrected chi connectivity index (χ2v) is 13.2. The summed E-state index contributed by atoms with van der Waals surface area (Å²) >= 11 is 0. The van der Waals surface area contributed by atoms with Gasteiger partial charge in [0, 0.05) is 48.3 Å². The van der Waals surface area contributed by atoms with E-state index >= 15 is 0 Å². The lowest BCUT2D eigenvalue weighted by Crippen LogP contribution is -2.34. The van der Waals surface area contributed by atoms with Crippen LogP contribution in [-0.2, 0) is 30.2 Å². The van der Waals surface area contributed by atoms with Gasteiger partial charge >= 0.3 is 18.2 Å². The van der Waals surface area contributed by atoms with E-state index in [1.807, 2.05) is 31.2 Å². The molecule has 1 unspecified atom stereocenters. The molecule has 2 aromatic heterocycles. The van der Waals surface area contributed by atoms with Crippen molar-refractivity contribution in [3.05, 3.63) is 107 Å². The van der Waals surface area contributed by atoms with Gasteiger partial charge in [-0.1, -0.05) is 69.2 Å². The molecular weight excluding hydrogens is 702 g/mol. The highest BCUT2D eigenvalue weighted by atomic mass is 16.8. The molecular formula is C42H49N5O8. The molecule has 0 radical (unpaired) electrons. The lowest BCUT2D eigenvalue weighted by molar-refractivity contribution is -0.168. The normalized spacial score (nSPS) is 11.4. The molecule has 2 amide bonds. The van der Waals surface area contributed by atoms with Gasteiger partial charge in [-0.25, -0.2) is 14.6 Å². The average Bonchev–Trinajstić information content (AvgIpc) is 3.14. The van der Waals surface area contributed by atoms with Gasteiger partial charge in [-0.3, -0.25) is 30.2 Å². The van der Waals surface area contributed by atoms with Crippen molar-refractivity contribution in [3.63, 3.8) is 0 Å². The summed E-state index contributed by atoms with van der Waals surface area (Å²) in [6.07, 6.45) is 2.57. The molecule has 1 atom stereocenters. The van der Waals surface area contributed by atoms with E-state index in [2.05, 4.69) is 23.8 Å². The van der Waals surface area contributed by atoms with Crippen LogP contribution in [0.5, 0.6) is 0 Å². The molecule has 4 rings (SSSR count). The average molecular weight is 752 g/mol. The first-order chi connectivity index (χ1) is 26.3. The number of carbonyl (C=O) groups excluding carboxylic acids is 4. The lowest BCUT2D eigenvalue weighted by Gasteiger charge is -2.22. The number of fused-ring (bicyclic) bond motifs is 1. The second-order valence-electron chi connectivity index (χ2n) is 13.2. The standard InChI is InChI=1S/C42H49N5O8/c1-7-8-9-12-23-52-41(50)46-39(43)32-16-14-31(15-17-32)28(4)25-35-29(5)24-33-18-19-34(26-36(33)45-35)40(49)47(37-13-10-11-21-44-37)22-20-38(48)54-30(6)55-42(51)53-27(2)3/h10-11,13-19,21,24,26-27,30H,4,7-9,12,20,22-23,25H2,1-3,5-6H3,(H2,43,46,50). The number of nitrogens with zero attached hydrogens (tertiary/aromatic N) is 3. The zero-order chi connectivity index (χ0) is 39.9. The maximum Gasteiger partial charge on any atom is 0.511 e. The third-order valence-corrected chi connectivity index (χ3v) is 8.38. The molecule has 4 aromatic rings. The van der Waals surface area contributed by atoms with Gasteiger partial charge < -0.3 is 18.9 Å². The largest absolute Gasteiger partial charge is 0.511 e. The molecule has 0 saturated heterocycles. The maximum absolute atomic E-state index is 14.0. The van der Waals surface area contributed by atoms with E-state index in [1.165, 1.54) is 11.8 Å². The number of allylic oxidation sites excluding steroid dienone is 1. The molecule has 0 aliphatic rings. The highest BCUT2D eigenvalue weighted by molar-refractivity contribution is 6.07. The topological polar surface area (TPSA) is 170 Å². The summed E-state index contributed by atoms with van der Waals surface area (Å²) in [4.78, 5) is 61.1. The first-order valence-electron chi connectivity index (χ1n) is 18.4. The van der Waals surface area contributed by atoms with E-state index in [9.17, 15) is 19.2 Å². The third kappa shape index (κ3) is 12.8. The molecule has 2 heterocycles. The van der Waals surface area contributed by atoms with E-state index in [1.54, 1.807) is 62.5 Å². The number of hydrogen-bond acceptors (Lipinski definition) is 11. The summed E-state index contributed by atoms with van der Waals surface area (Å²) < 4.78 is 20.3. The van der Waals surface area contributed by atoms with Gasteiger partial charge in [-0.15, -0.1) is 0 Å². The van der Waals surface area contributed by atoms with Crippen molar-refractivity contribution in [2.75, 3.05) is 18.1 Å². The smallest absolute Gasteiger partial charge is 0.449 e. The first kappa shape index (κ1) is 41.6. The van der Waals surface area contributed by atoms with Gasteiger partial charge in [0.25, 0.3) is 5.91 Å². The van der Waals surface area contributed by atoms with Crippen molar-refractivity contribution in [2.45, 2.75) is 85.5 Å². The number of amidine groups is 1. The molecule has 13 heteroatoms. The number of aryl methyl sites for hydroxylation is 1. The Bertz CT molecular complexity index is 1980. The fraction of sp³-hybridized carbons (Fsp3) is 0.357. The van der Waals surface area contributed by atoms with Crippen LogP contribution >= 0.6 is 0 Å². The highest BCUT2D eigenvalue weighted by Crippen LogP contribution is 2.25. The lowest BCUT2D eigenvalue weighted by atomic mass is 9.98. The molecule has 0 bridgehead atoms. The third-order valence-electron chi connectivity index (χ3n) is 8.38. The first-order valence-corrected chi connectivity index (χ1v) is 18.4. The summed E-state index contributed by atoms with van der Waals surface area (Å²) in [6, 6.07) is 19.5. The SMILES string of the molecule is C=C(Cc1nc2cc(C(=O)N(CCC(=O)OC(C)OC(=O)OC(C)C)c3ccccn3)ccc2cc1C)c1ccc(C(=N)NC(=O)OCCCCCC)cc1. The number of pyridine rings is 2. The molecule has 2 aromatic carbocycles. The number of esters is 1. The number of unbranched alkanes of at least 4 members (excludes halogenated alkanes) is 3. The Morgan fingerprint density at radius 2 is 1.62 bits per heavy atom.